The topological polar surface area (TPSA) is 35.5 Å². The minimum atomic E-state index is -0.503. The number of methoxy groups -OCH3 is 1. The second kappa shape index (κ2) is 6.08. The predicted octanol–water partition coefficient (Wildman–Crippen LogP) is 4.33. The van der Waals surface area contributed by atoms with Crippen molar-refractivity contribution in [1.82, 2.24) is 0 Å². The first-order chi connectivity index (χ1) is 9.10. The van der Waals surface area contributed by atoms with Crippen molar-refractivity contribution in [2.45, 2.75) is 0 Å². The first-order valence-corrected chi connectivity index (χ1v) is 6.58. The van der Waals surface area contributed by atoms with Crippen LogP contribution in [0.2, 0.25) is 5.02 Å². The van der Waals surface area contributed by atoms with E-state index in [0.29, 0.717) is 22.1 Å². The minimum Gasteiger partial charge on any atom is -0.497 e. The summed E-state index contributed by atoms with van der Waals surface area (Å²) in [7, 11) is 1.57. The maximum Gasteiger partial charge on any atom is 0.345 e. The van der Waals surface area contributed by atoms with Gasteiger partial charge in [0.1, 0.15) is 11.5 Å². The number of carbonyl (C=O) groups excluding carboxylic acids is 1. The van der Waals surface area contributed by atoms with Crippen molar-refractivity contribution < 1.29 is 14.3 Å². The number of benzene rings is 2. The van der Waals surface area contributed by atoms with Crippen molar-refractivity contribution in [3.05, 3.63) is 57.5 Å². The monoisotopic (exact) mass is 340 g/mol. The summed E-state index contributed by atoms with van der Waals surface area (Å²) < 4.78 is 11.0. The highest BCUT2D eigenvalue weighted by Gasteiger charge is 2.13. The molecule has 0 fully saturated rings. The lowest BCUT2D eigenvalue weighted by atomic mass is 10.2. The quantitative estimate of drug-likeness (QED) is 0.616. The van der Waals surface area contributed by atoms with Crippen LogP contribution in [0.25, 0.3) is 0 Å². The van der Waals surface area contributed by atoms with Gasteiger partial charge in [-0.25, -0.2) is 4.79 Å². The van der Waals surface area contributed by atoms with Crippen molar-refractivity contribution in [3.8, 4) is 11.5 Å². The molecule has 0 aliphatic rings. The second-order valence-corrected chi connectivity index (χ2v) is 5.01. The van der Waals surface area contributed by atoms with E-state index in [1.165, 1.54) is 0 Å². The number of hydrogen-bond acceptors (Lipinski definition) is 3. The molecule has 2 aromatic carbocycles. The fourth-order valence-corrected chi connectivity index (χ4v) is 2.02. The lowest BCUT2D eigenvalue weighted by molar-refractivity contribution is 0.0735. The largest absolute Gasteiger partial charge is 0.497 e. The van der Waals surface area contributed by atoms with Crippen LogP contribution in [0.15, 0.2) is 46.9 Å². The molecule has 2 aromatic rings. The Labute approximate surface area is 124 Å². The number of esters is 1. The Kier molecular flexibility index (Phi) is 4.45. The molecule has 0 aromatic heterocycles. The van der Waals surface area contributed by atoms with Gasteiger partial charge in [0.05, 0.1) is 17.7 Å². The highest BCUT2D eigenvalue weighted by atomic mass is 79.9. The van der Waals surface area contributed by atoms with Crippen molar-refractivity contribution in [1.29, 1.82) is 0 Å². The molecule has 5 heteroatoms. The Morgan fingerprint density at radius 3 is 2.37 bits per heavy atom. The Morgan fingerprint density at radius 2 is 1.74 bits per heavy atom. The second-order valence-electron chi connectivity index (χ2n) is 3.69. The molecule has 0 atom stereocenters. The van der Waals surface area contributed by atoms with Gasteiger partial charge in [0.2, 0.25) is 0 Å². The zero-order chi connectivity index (χ0) is 13.8. The number of hydrogen-bond donors (Lipinski definition) is 0. The normalized spacial score (nSPS) is 10.1. The molecule has 0 aliphatic carbocycles. The van der Waals surface area contributed by atoms with E-state index in [1.807, 2.05) is 0 Å². The Morgan fingerprint density at radius 1 is 1.11 bits per heavy atom. The van der Waals surface area contributed by atoms with Crippen LogP contribution >= 0.6 is 27.5 Å². The SMILES string of the molecule is COc1ccc(OC(=O)c2cc(Br)ccc2Cl)cc1. The first-order valence-electron chi connectivity index (χ1n) is 5.41. The van der Waals surface area contributed by atoms with Crippen LogP contribution in [0.1, 0.15) is 10.4 Å². The molecule has 98 valence electrons. The van der Waals surface area contributed by atoms with Crippen molar-refractivity contribution >= 4 is 33.5 Å². The molecule has 0 saturated heterocycles. The van der Waals surface area contributed by atoms with E-state index in [1.54, 1.807) is 49.6 Å². The van der Waals surface area contributed by atoms with Crippen LogP contribution in [-0.2, 0) is 0 Å². The predicted molar refractivity (Wildman–Crippen MR) is 77.1 cm³/mol. The highest BCUT2D eigenvalue weighted by molar-refractivity contribution is 9.10. The summed E-state index contributed by atoms with van der Waals surface area (Å²) in [4.78, 5) is 12.0. The van der Waals surface area contributed by atoms with Gasteiger partial charge >= 0.3 is 5.97 Å². The number of ether oxygens (including phenoxy) is 2. The number of halogens is 2. The van der Waals surface area contributed by atoms with Gasteiger partial charge in [0, 0.05) is 4.47 Å². The van der Waals surface area contributed by atoms with Crippen molar-refractivity contribution in [2.75, 3.05) is 7.11 Å². The summed E-state index contributed by atoms with van der Waals surface area (Å²) in [6.07, 6.45) is 0. The molecule has 0 bridgehead atoms. The summed E-state index contributed by atoms with van der Waals surface area (Å²) in [5, 5.41) is 0.349. The molecule has 19 heavy (non-hydrogen) atoms. The summed E-state index contributed by atoms with van der Waals surface area (Å²) >= 11 is 9.25. The van der Waals surface area contributed by atoms with Gasteiger partial charge in [-0.3, -0.25) is 0 Å². The molecular formula is C14H10BrClO3. The van der Waals surface area contributed by atoms with Gasteiger partial charge in [-0.2, -0.15) is 0 Å². The van der Waals surface area contributed by atoms with Crippen molar-refractivity contribution in [2.24, 2.45) is 0 Å². The van der Waals surface area contributed by atoms with Crippen LogP contribution in [0.4, 0.5) is 0 Å². The fraction of sp³-hybridized carbons (Fsp3) is 0.0714. The van der Waals surface area contributed by atoms with Crippen LogP contribution in [0.3, 0.4) is 0 Å². The molecule has 3 nitrogen and oxygen atoms in total. The third kappa shape index (κ3) is 3.49. The first kappa shape index (κ1) is 13.9. The molecule has 0 saturated carbocycles. The smallest absolute Gasteiger partial charge is 0.345 e. The summed E-state index contributed by atoms with van der Waals surface area (Å²) in [5.41, 5.74) is 0.312. The molecule has 0 spiro atoms. The van der Waals surface area contributed by atoms with Crippen LogP contribution in [-0.4, -0.2) is 13.1 Å². The van der Waals surface area contributed by atoms with Gasteiger partial charge in [-0.05, 0) is 42.5 Å². The standard InChI is InChI=1S/C14H10BrClO3/c1-18-10-3-5-11(6-4-10)19-14(17)12-8-9(15)2-7-13(12)16/h2-8H,1H3. The molecule has 2 rings (SSSR count). The van der Waals surface area contributed by atoms with E-state index in [2.05, 4.69) is 15.9 Å². The molecule has 0 aliphatic heterocycles. The summed E-state index contributed by atoms with van der Waals surface area (Å²) in [6, 6.07) is 11.7. The van der Waals surface area contributed by atoms with Crippen LogP contribution in [0, 0.1) is 0 Å². The van der Waals surface area contributed by atoms with E-state index in [0.717, 1.165) is 4.47 Å². The maximum atomic E-state index is 12.0. The van der Waals surface area contributed by atoms with Crippen LogP contribution in [0.5, 0.6) is 11.5 Å². The van der Waals surface area contributed by atoms with Gasteiger partial charge in [-0.15, -0.1) is 0 Å². The third-order valence-corrected chi connectivity index (χ3v) is 3.24. The molecule has 0 unspecified atom stereocenters. The third-order valence-electron chi connectivity index (χ3n) is 2.42. The average Bonchev–Trinajstić information content (AvgIpc) is 2.42. The molecule has 0 amide bonds. The highest BCUT2D eigenvalue weighted by Crippen LogP contribution is 2.23. The number of carbonyl (C=O) groups is 1. The molecular weight excluding hydrogens is 332 g/mol. The van der Waals surface area contributed by atoms with Gasteiger partial charge in [0.25, 0.3) is 0 Å². The lowest BCUT2D eigenvalue weighted by Crippen LogP contribution is -2.09. The summed E-state index contributed by atoms with van der Waals surface area (Å²) in [6.45, 7) is 0. The lowest BCUT2D eigenvalue weighted by Gasteiger charge is -2.07. The molecule has 0 N–H and O–H groups in total. The average molecular weight is 342 g/mol. The Hall–Kier alpha value is -1.52. The van der Waals surface area contributed by atoms with Crippen LogP contribution < -0.4 is 9.47 Å². The van der Waals surface area contributed by atoms with Gasteiger partial charge < -0.3 is 9.47 Å². The van der Waals surface area contributed by atoms with E-state index in [4.69, 9.17) is 21.1 Å². The van der Waals surface area contributed by atoms with E-state index in [9.17, 15) is 4.79 Å². The zero-order valence-corrected chi connectivity index (χ0v) is 12.4. The van der Waals surface area contributed by atoms with E-state index >= 15 is 0 Å². The maximum absolute atomic E-state index is 12.0. The van der Waals surface area contributed by atoms with Gasteiger partial charge in [0.15, 0.2) is 0 Å². The van der Waals surface area contributed by atoms with E-state index < -0.39 is 5.97 Å². The van der Waals surface area contributed by atoms with Crippen molar-refractivity contribution in [3.63, 3.8) is 0 Å². The summed E-state index contributed by atoms with van der Waals surface area (Å²) in [5.74, 6) is 0.624. The Bertz CT molecular complexity index is 596. The van der Waals surface area contributed by atoms with E-state index in [-0.39, 0.29) is 0 Å². The number of rotatable bonds is 3. The minimum absolute atomic E-state index is 0.312. The molecule has 0 radical (unpaired) electrons. The zero-order valence-electron chi connectivity index (χ0n) is 10.0. The van der Waals surface area contributed by atoms with Gasteiger partial charge in [-0.1, -0.05) is 27.5 Å². The Balaban J connectivity index is 2.18. The molecule has 0 heterocycles. The fourth-order valence-electron chi connectivity index (χ4n) is 1.46.